The highest BCUT2D eigenvalue weighted by Gasteiger charge is 2.69. The van der Waals surface area contributed by atoms with Gasteiger partial charge in [-0.15, -0.1) is 0 Å². The lowest BCUT2D eigenvalue weighted by Crippen LogP contribution is -2.71. The number of benzene rings is 3. The largest absolute Gasteiger partial charge is 0.507 e. The zero-order valence-electron chi connectivity index (χ0n) is 50.7. The average Bonchev–Trinajstić information content (AvgIpc) is 0.882. The molecule has 5 heterocycles. The van der Waals surface area contributed by atoms with Crippen LogP contribution >= 0.6 is 0 Å². The van der Waals surface area contributed by atoms with Crippen molar-refractivity contribution in [2.45, 2.75) is 227 Å². The minimum Gasteiger partial charge on any atom is -0.507 e. The minimum atomic E-state index is -1.65. The highest BCUT2D eigenvalue weighted by Crippen LogP contribution is 2.66. The Morgan fingerprint density at radius 2 is 1.45 bits per heavy atom. The molecular formula is C74H89NO12. The summed E-state index contributed by atoms with van der Waals surface area (Å²) in [5, 5.41) is 80.2. The number of carbonyl (C=O) groups excluding carboxylic acids is 3. The Morgan fingerprint density at radius 3 is 2.25 bits per heavy atom. The zero-order chi connectivity index (χ0) is 59.9. The molecular weight excluding hydrogens is 1090 g/mol. The Hall–Kier alpha value is -5.51. The molecule has 13 nitrogen and oxygen atoms in total. The van der Waals surface area contributed by atoms with E-state index in [1.165, 1.54) is 0 Å². The number of phenolic OH excluding ortho intramolecular Hbond substituents is 1. The molecule has 1 spiro atoms. The van der Waals surface area contributed by atoms with E-state index in [-0.39, 0.29) is 115 Å². The molecule has 12 aliphatic rings. The van der Waals surface area contributed by atoms with Gasteiger partial charge < -0.3 is 50.2 Å². The van der Waals surface area contributed by atoms with Gasteiger partial charge in [-0.25, -0.2) is 4.79 Å². The first-order valence-corrected chi connectivity index (χ1v) is 33.7. The Balaban J connectivity index is 0.974. The maximum Gasteiger partial charge on any atom is 0.334 e. The minimum absolute atomic E-state index is 0.0131. The Kier molecular flexibility index (Phi) is 16.1. The molecule has 7 aliphatic carbocycles. The Labute approximate surface area is 512 Å². The molecule has 7 fully saturated rings. The van der Waals surface area contributed by atoms with Gasteiger partial charge in [-0.1, -0.05) is 99.0 Å². The number of aliphatic hydroxyl groups is 5. The smallest absolute Gasteiger partial charge is 0.334 e. The third-order valence-electron chi connectivity index (χ3n) is 23.8. The second kappa shape index (κ2) is 23.7. The topological polar surface area (TPSA) is 212 Å². The summed E-state index contributed by atoms with van der Waals surface area (Å²) in [6.07, 6.45) is 13.9. The number of phenols is 1. The van der Waals surface area contributed by atoms with Crippen molar-refractivity contribution in [3.8, 4) is 35.2 Å². The van der Waals surface area contributed by atoms with E-state index in [0.717, 1.165) is 120 Å². The predicted molar refractivity (Wildman–Crippen MR) is 327 cm³/mol. The average molecular weight is 1180 g/mol. The van der Waals surface area contributed by atoms with Gasteiger partial charge in [0.1, 0.15) is 40.7 Å². The maximum atomic E-state index is 16.2. The number of ether oxygens (including phenoxy) is 3. The summed E-state index contributed by atoms with van der Waals surface area (Å²) in [7, 11) is 0. The number of nitrogens with one attached hydrogen (secondary N) is 1. The quantitative estimate of drug-likeness (QED) is 0.0724. The van der Waals surface area contributed by atoms with Gasteiger partial charge in [0.25, 0.3) is 0 Å². The van der Waals surface area contributed by atoms with Gasteiger partial charge in [0.2, 0.25) is 0 Å². The molecule has 0 aromatic heterocycles. The monoisotopic (exact) mass is 1180 g/mol. The van der Waals surface area contributed by atoms with Gasteiger partial charge in [-0.2, -0.15) is 0 Å². The number of ketones is 1. The van der Waals surface area contributed by atoms with Crippen molar-refractivity contribution in [2.24, 2.45) is 52.8 Å². The first kappa shape index (κ1) is 59.1. The SMILES string of the molecule is C[C@]1(O)CNc2cc(cc([C@H]3C#C[C@@H]4CC(=O)Oc5c4cc(c(O)c5C4CCCCC4)C[C@H]4OC(=O)/C(=C\[C@H](O)Cc5cccc(c5)C[C@H]5C(=O)C[C@H]6CC[C@@H]7[C@@H]8CCCC[C@H]8[C@]4(O)[C@H]6[C@H]75)C3)c2)[C@@H](O)C2(C#CC3CCC(CC3)OC[C@@H]1O)CCCC2. The number of aliphatic hydroxyl groups excluding tert-OH is 3. The summed E-state index contributed by atoms with van der Waals surface area (Å²) in [4.78, 5) is 45.3. The van der Waals surface area contributed by atoms with Crippen molar-refractivity contribution in [3.05, 3.63) is 99.1 Å². The fourth-order valence-electron chi connectivity index (χ4n) is 19.4. The summed E-state index contributed by atoms with van der Waals surface area (Å²) in [6, 6.07) is 15.7. The normalized spacial score (nSPS) is 38.9. The molecule has 7 saturated carbocycles. The molecule has 15 atom stereocenters. The number of fused-ring (bicyclic) bond motifs is 17. The first-order valence-electron chi connectivity index (χ1n) is 33.7. The molecule has 0 saturated heterocycles. The Bertz CT molecular complexity index is 3320. The molecule has 0 amide bonds. The summed E-state index contributed by atoms with van der Waals surface area (Å²) >= 11 is 0. The van der Waals surface area contributed by atoms with Crippen molar-refractivity contribution in [3.63, 3.8) is 0 Å². The third-order valence-corrected chi connectivity index (χ3v) is 23.8. The fourth-order valence-corrected chi connectivity index (χ4v) is 19.4. The van der Waals surface area contributed by atoms with Gasteiger partial charge in [0.05, 0.1) is 42.7 Å². The molecule has 7 N–H and O–H groups in total. The highest BCUT2D eigenvalue weighted by atomic mass is 16.6. The van der Waals surface area contributed by atoms with Gasteiger partial charge in [0.15, 0.2) is 0 Å². The van der Waals surface area contributed by atoms with E-state index in [1.807, 2.05) is 36.4 Å². The van der Waals surface area contributed by atoms with E-state index in [1.54, 1.807) is 13.0 Å². The van der Waals surface area contributed by atoms with Crippen LogP contribution in [0, 0.1) is 76.4 Å². The van der Waals surface area contributed by atoms with E-state index >= 15 is 4.79 Å². The second-order valence-electron chi connectivity index (χ2n) is 29.2. The molecule has 15 rings (SSSR count). The fraction of sp³-hybridized carbons (Fsp3) is 0.635. The zero-order valence-corrected chi connectivity index (χ0v) is 50.7. The van der Waals surface area contributed by atoms with Crippen molar-refractivity contribution >= 4 is 23.4 Å². The van der Waals surface area contributed by atoms with E-state index < -0.39 is 64.8 Å². The Morgan fingerprint density at radius 1 is 0.701 bits per heavy atom. The predicted octanol–water partition coefficient (Wildman–Crippen LogP) is 10.7. The molecule has 13 heteroatoms. The number of hydrogen-bond acceptors (Lipinski definition) is 13. The number of carbonyl (C=O) groups is 3. The van der Waals surface area contributed by atoms with Crippen LogP contribution in [0.5, 0.6) is 11.5 Å². The van der Waals surface area contributed by atoms with Crippen LogP contribution < -0.4 is 10.1 Å². The molecule has 5 aliphatic heterocycles. The van der Waals surface area contributed by atoms with Crippen LogP contribution in [0.3, 0.4) is 0 Å². The number of anilines is 1. The lowest BCUT2D eigenvalue weighted by Gasteiger charge is -2.66. The molecule has 0 unspecified atom stereocenters. The van der Waals surface area contributed by atoms with E-state index in [9.17, 15) is 40.2 Å². The van der Waals surface area contributed by atoms with E-state index in [2.05, 4.69) is 41.1 Å². The lowest BCUT2D eigenvalue weighted by atomic mass is 9.40. The van der Waals surface area contributed by atoms with Crippen molar-refractivity contribution in [1.29, 1.82) is 0 Å². The van der Waals surface area contributed by atoms with Crippen LogP contribution in [0.25, 0.3) is 0 Å². The maximum absolute atomic E-state index is 16.2. The summed E-state index contributed by atoms with van der Waals surface area (Å²) < 4.78 is 19.8. The number of hydrogen-bond donors (Lipinski definition) is 7. The van der Waals surface area contributed by atoms with Crippen LogP contribution in [-0.4, -0.2) is 97.1 Å². The summed E-state index contributed by atoms with van der Waals surface area (Å²) in [5.41, 5.74) is 1.39. The summed E-state index contributed by atoms with van der Waals surface area (Å²) in [6.45, 7) is 1.45. The van der Waals surface area contributed by atoms with Gasteiger partial charge in [0, 0.05) is 65.9 Å². The van der Waals surface area contributed by atoms with Gasteiger partial charge in [-0.3, -0.25) is 9.59 Å². The van der Waals surface area contributed by atoms with Crippen LogP contribution in [0.2, 0.25) is 0 Å². The molecule has 3 aromatic rings. The van der Waals surface area contributed by atoms with Crippen molar-refractivity contribution < 1.29 is 59.2 Å². The van der Waals surface area contributed by atoms with Gasteiger partial charge in [-0.05, 0) is 190 Å². The number of aromatic hydroxyl groups is 1. The molecule has 3 aromatic carbocycles. The van der Waals surface area contributed by atoms with E-state index in [0.29, 0.717) is 64.9 Å². The standard InChI is InChI=1S/C74H89NO12/c1-72(83)41-75-53-33-49(32-51(34-53)70(81)73(25-7-8-26-73)27-24-42-16-21-55(22-17-42)85-40-62(72)78)46-18-19-47-39-64(79)87-69-58(47)36-50(68(80)65(69)45-12-3-2-4-13-45)38-63-74(84)60-15-6-5-14-56(60)57-23-20-48-37-61(77)59(66(57)67(48)74)30-44-11-9-10-43(28-44)29-54(76)35-52(31-46)71(82)86-63/h9-11,28,32-36,42,45-48,54-57,59-60,62-63,66-67,70,75-76,78,80-81,83-84H,2-8,12-17,20-23,25-26,29-31,37-41H2,1H3/b52-35-/t42?,46-,47+,48+,54+,55?,56-,57+,59-,60+,62-,63+,66+,67+,70+,72-,74+/m0/s1. The van der Waals surface area contributed by atoms with Crippen LogP contribution in [0.1, 0.15) is 211 Å². The lowest BCUT2D eigenvalue weighted by molar-refractivity contribution is -0.265. The van der Waals surface area contributed by atoms with Crippen LogP contribution in [0.15, 0.2) is 60.2 Å². The van der Waals surface area contributed by atoms with Crippen molar-refractivity contribution in [2.75, 3.05) is 18.5 Å². The van der Waals surface area contributed by atoms with Crippen LogP contribution in [-0.2, 0) is 43.1 Å². The molecule has 87 heavy (non-hydrogen) atoms. The van der Waals surface area contributed by atoms with Crippen molar-refractivity contribution in [1.82, 2.24) is 0 Å². The first-order chi connectivity index (χ1) is 42.0. The van der Waals surface area contributed by atoms with Gasteiger partial charge >= 0.3 is 11.9 Å². The number of rotatable bonds is 2. The van der Waals surface area contributed by atoms with Crippen LogP contribution in [0.4, 0.5) is 5.69 Å². The highest BCUT2D eigenvalue weighted by molar-refractivity contribution is 5.89. The molecule has 16 bridgehead atoms. The van der Waals surface area contributed by atoms with E-state index in [4.69, 9.17) is 14.2 Å². The molecule has 0 radical (unpaired) electrons. The summed E-state index contributed by atoms with van der Waals surface area (Å²) in [5.74, 6) is 11.3. The third kappa shape index (κ3) is 11.1. The number of esters is 2. The molecule has 462 valence electrons. The second-order valence-corrected chi connectivity index (χ2v) is 29.2. The number of Topliss-reactive ketones (excluding diaryl/α,β-unsaturated/α-hetero) is 1.